The molecule has 0 unspecified atom stereocenters. The van der Waals surface area contributed by atoms with E-state index >= 15 is 0 Å². The summed E-state index contributed by atoms with van der Waals surface area (Å²) in [6.45, 7) is 13.2. The summed E-state index contributed by atoms with van der Waals surface area (Å²) in [5, 5.41) is 3.32. The van der Waals surface area contributed by atoms with Crippen molar-refractivity contribution in [3.8, 4) is 0 Å². The number of carbonyl (C=O) groups excluding carboxylic acids is 1. The molecule has 0 bridgehead atoms. The lowest BCUT2D eigenvalue weighted by Crippen LogP contribution is -2.62. The second kappa shape index (κ2) is 4.94. The second-order valence-corrected chi connectivity index (χ2v) is 12.0. The molecule has 0 aromatic rings. The average Bonchev–Trinajstić information content (AvgIpc) is 2.10. The molecule has 1 saturated heterocycles. The minimum atomic E-state index is -1.77. The highest BCUT2D eigenvalue weighted by Gasteiger charge is 2.47. The van der Waals surface area contributed by atoms with E-state index in [-0.39, 0.29) is 28.3 Å². The van der Waals surface area contributed by atoms with Crippen LogP contribution in [0.25, 0.3) is 0 Å². The first kappa shape index (κ1) is 15.1. The van der Waals surface area contributed by atoms with Crippen molar-refractivity contribution in [2.75, 3.05) is 6.26 Å². The Kier molecular flexibility index (Phi) is 4.37. The normalized spacial score (nSPS) is 27.4. The zero-order valence-corrected chi connectivity index (χ0v) is 13.8. The smallest absolute Gasteiger partial charge is 0.229 e. The summed E-state index contributed by atoms with van der Waals surface area (Å²) in [4.78, 5) is 11.6. The predicted molar refractivity (Wildman–Crippen MR) is 76.7 cm³/mol. The molecule has 17 heavy (non-hydrogen) atoms. The first-order valence-electron chi connectivity index (χ1n) is 6.11. The third-order valence-corrected chi connectivity index (χ3v) is 9.45. The fourth-order valence-electron chi connectivity index (χ4n) is 1.75. The maximum atomic E-state index is 11.6. The molecule has 3 nitrogen and oxygen atoms in total. The van der Waals surface area contributed by atoms with Gasteiger partial charge in [-0.25, -0.2) is 0 Å². The molecule has 5 heteroatoms. The highest BCUT2D eigenvalue weighted by Crippen LogP contribution is 2.39. The van der Waals surface area contributed by atoms with Crippen LogP contribution < -0.4 is 5.32 Å². The van der Waals surface area contributed by atoms with Gasteiger partial charge in [0, 0.05) is 0 Å². The molecule has 100 valence electrons. The van der Waals surface area contributed by atoms with Crippen LogP contribution in [0, 0.1) is 5.92 Å². The van der Waals surface area contributed by atoms with Gasteiger partial charge in [-0.05, 0) is 31.3 Å². The number of rotatable bonds is 4. The summed E-state index contributed by atoms with van der Waals surface area (Å²) in [6, 6.07) is 0. The van der Waals surface area contributed by atoms with Gasteiger partial charge in [0.1, 0.15) is 0 Å². The molecule has 0 aromatic heterocycles. The minimum absolute atomic E-state index is 0.0131. The van der Waals surface area contributed by atoms with Gasteiger partial charge in [-0.2, -0.15) is 0 Å². The van der Waals surface area contributed by atoms with Gasteiger partial charge in [0.25, 0.3) is 0 Å². The van der Waals surface area contributed by atoms with Crippen molar-refractivity contribution in [3.63, 3.8) is 0 Å². The van der Waals surface area contributed by atoms with E-state index in [1.807, 2.05) is 13.2 Å². The monoisotopic (exact) mass is 275 g/mol. The molecule has 0 saturated carbocycles. The summed E-state index contributed by atoms with van der Waals surface area (Å²) in [6.07, 6.45) is 2.04. The molecule has 3 atom stereocenters. The zero-order chi connectivity index (χ0) is 13.4. The van der Waals surface area contributed by atoms with Crippen LogP contribution in [0.15, 0.2) is 0 Å². The van der Waals surface area contributed by atoms with Gasteiger partial charge in [-0.1, -0.05) is 20.8 Å². The molecule has 0 radical (unpaired) electrons. The molecule has 0 aliphatic carbocycles. The first-order valence-corrected chi connectivity index (χ1v) is 10.3. The van der Waals surface area contributed by atoms with Crippen LogP contribution in [-0.2, 0) is 9.22 Å². The number of amides is 1. The van der Waals surface area contributed by atoms with E-state index in [2.05, 4.69) is 39.2 Å². The van der Waals surface area contributed by atoms with E-state index in [1.54, 1.807) is 11.8 Å². The highest BCUT2D eigenvalue weighted by molar-refractivity contribution is 7.99. The fraction of sp³-hybridized carbons (Fsp3) is 0.917. The Morgan fingerprint density at radius 1 is 1.41 bits per heavy atom. The Morgan fingerprint density at radius 2 is 1.94 bits per heavy atom. The Morgan fingerprint density at radius 3 is 2.29 bits per heavy atom. The number of thioether (sulfide) groups is 1. The molecule has 1 rings (SSSR count). The standard InChI is InChI=1S/C12H25NO2SSi/c1-8(9-10(14)13-11(9)16-5)15-17(6,7)12(2,3)4/h8-9,11H,1-7H3,(H,13,14)/t8-,9+,11-/m1/s1. The molecule has 1 aliphatic heterocycles. The maximum absolute atomic E-state index is 11.6. The van der Waals surface area contributed by atoms with Crippen molar-refractivity contribution >= 4 is 26.0 Å². The summed E-state index contributed by atoms with van der Waals surface area (Å²) >= 11 is 1.69. The predicted octanol–water partition coefficient (Wildman–Crippen LogP) is 2.83. The second-order valence-electron chi connectivity index (χ2n) is 6.27. The largest absolute Gasteiger partial charge is 0.413 e. The van der Waals surface area contributed by atoms with Gasteiger partial charge in [0.15, 0.2) is 8.32 Å². The number of hydrogen-bond acceptors (Lipinski definition) is 3. The van der Waals surface area contributed by atoms with Gasteiger partial charge in [-0.15, -0.1) is 11.8 Å². The summed E-state index contributed by atoms with van der Waals surface area (Å²) < 4.78 is 6.27. The Bertz CT molecular complexity index is 301. The van der Waals surface area contributed by atoms with Crippen LogP contribution in [0.3, 0.4) is 0 Å². The van der Waals surface area contributed by atoms with E-state index in [1.165, 1.54) is 0 Å². The Balaban J connectivity index is 2.66. The third kappa shape index (κ3) is 3.06. The van der Waals surface area contributed by atoms with E-state index in [0.29, 0.717) is 0 Å². The molecular weight excluding hydrogens is 250 g/mol. The van der Waals surface area contributed by atoms with Crippen LogP contribution in [0.1, 0.15) is 27.7 Å². The van der Waals surface area contributed by atoms with E-state index in [9.17, 15) is 4.79 Å². The molecule has 1 fully saturated rings. The Labute approximate surface area is 110 Å². The number of hydrogen-bond donors (Lipinski definition) is 1. The van der Waals surface area contributed by atoms with Gasteiger partial charge < -0.3 is 9.74 Å². The van der Waals surface area contributed by atoms with Crippen LogP contribution in [0.4, 0.5) is 0 Å². The lowest BCUT2D eigenvalue weighted by Gasteiger charge is -2.44. The summed E-state index contributed by atoms with van der Waals surface area (Å²) in [5.41, 5.74) is 0. The van der Waals surface area contributed by atoms with Crippen LogP contribution in [-0.4, -0.2) is 32.0 Å². The lowest BCUT2D eigenvalue weighted by atomic mass is 9.96. The number of carbonyl (C=O) groups is 1. The van der Waals surface area contributed by atoms with Crippen LogP contribution >= 0.6 is 11.8 Å². The quantitative estimate of drug-likeness (QED) is 0.633. The molecule has 0 aromatic carbocycles. The van der Waals surface area contributed by atoms with Crippen molar-refractivity contribution in [2.45, 2.75) is 57.3 Å². The van der Waals surface area contributed by atoms with Crippen molar-refractivity contribution in [3.05, 3.63) is 0 Å². The van der Waals surface area contributed by atoms with Gasteiger partial charge in [0.2, 0.25) is 5.91 Å². The molecule has 1 aliphatic rings. The summed E-state index contributed by atoms with van der Waals surface area (Å²) in [5.74, 6) is 0.148. The molecule has 1 amide bonds. The fourth-order valence-corrected chi connectivity index (χ4v) is 4.05. The highest BCUT2D eigenvalue weighted by atomic mass is 32.2. The minimum Gasteiger partial charge on any atom is -0.413 e. The SMILES string of the molecule is CS[C@H]1NC(=O)[C@@H]1[C@@H](C)O[Si](C)(C)C(C)(C)C. The van der Waals surface area contributed by atoms with Crippen molar-refractivity contribution in [2.24, 2.45) is 5.92 Å². The van der Waals surface area contributed by atoms with Crippen LogP contribution in [0.5, 0.6) is 0 Å². The van der Waals surface area contributed by atoms with E-state index < -0.39 is 8.32 Å². The topological polar surface area (TPSA) is 38.3 Å². The molecule has 1 heterocycles. The molecule has 0 spiro atoms. The van der Waals surface area contributed by atoms with Crippen molar-refractivity contribution in [1.82, 2.24) is 5.32 Å². The van der Waals surface area contributed by atoms with Crippen LogP contribution in [0.2, 0.25) is 18.1 Å². The number of nitrogens with one attached hydrogen (secondary N) is 1. The van der Waals surface area contributed by atoms with E-state index in [0.717, 1.165) is 0 Å². The van der Waals surface area contributed by atoms with E-state index in [4.69, 9.17) is 4.43 Å². The maximum Gasteiger partial charge on any atom is 0.229 e. The van der Waals surface area contributed by atoms with Gasteiger partial charge in [-0.3, -0.25) is 4.79 Å². The van der Waals surface area contributed by atoms with Crippen molar-refractivity contribution < 1.29 is 9.22 Å². The first-order chi connectivity index (χ1) is 7.60. The van der Waals surface area contributed by atoms with Crippen molar-refractivity contribution in [1.29, 1.82) is 0 Å². The van der Waals surface area contributed by atoms with Gasteiger partial charge >= 0.3 is 0 Å². The third-order valence-electron chi connectivity index (χ3n) is 3.96. The van der Waals surface area contributed by atoms with Gasteiger partial charge in [0.05, 0.1) is 17.4 Å². The zero-order valence-electron chi connectivity index (χ0n) is 12.0. The molecular formula is C12H25NO2SSi. The average molecular weight is 275 g/mol. The lowest BCUT2D eigenvalue weighted by molar-refractivity contribution is -0.136. The summed E-state index contributed by atoms with van der Waals surface area (Å²) in [7, 11) is -1.77. The molecule has 1 N–H and O–H groups in total. The number of β-lactam (4-membered cyclic amide) rings is 1. The Hall–Kier alpha value is -0.00312.